The SMILES string of the molecule is C[C@@H]1CC2[C@@H]3CCC4=CC(=O)C=C[C@]4(C)C3[C@@H](O)C[C@]2(C)[C@H]1C(=O)COC(=O)CCC(=O)OCCOCCN. The fourth-order valence-electron chi connectivity index (χ4n) is 8.37. The molecule has 3 saturated carbocycles. The van der Waals surface area contributed by atoms with E-state index in [0.717, 1.165) is 24.8 Å². The third-order valence-electron chi connectivity index (χ3n) is 9.84. The monoisotopic (exact) mass is 545 g/mol. The molecule has 9 nitrogen and oxygen atoms in total. The first kappa shape index (κ1) is 29.6. The second-order valence-corrected chi connectivity index (χ2v) is 12.2. The minimum absolute atomic E-state index is 0.00536. The first-order valence-electron chi connectivity index (χ1n) is 14.3. The number of ketones is 2. The van der Waals surface area contributed by atoms with Gasteiger partial charge in [-0.1, -0.05) is 32.4 Å². The molecule has 0 bridgehead atoms. The lowest BCUT2D eigenvalue weighted by Gasteiger charge is -2.58. The standard InChI is InChI=1S/C30H43NO8/c1-18-14-22-21-5-4-19-15-20(32)8-9-29(19,2)28(21)23(33)16-30(22,3)27(18)24(34)17-39-26(36)7-6-25(35)38-13-12-37-11-10-31/h8-9,15,18,21-23,27-28,33H,4-7,10-14,16-17,31H2,1-3H3/t18-,21+,22?,23+,27-,28?,29+,30+/m1/s1. The number of Topliss-reactive ketones (excluding diaryl/α,β-unsaturated/α-hetero) is 1. The zero-order chi connectivity index (χ0) is 28.4. The molecular formula is C30H43NO8. The first-order chi connectivity index (χ1) is 18.5. The van der Waals surface area contributed by atoms with Crippen LogP contribution in [0.4, 0.5) is 0 Å². The summed E-state index contributed by atoms with van der Waals surface area (Å²) in [7, 11) is 0. The summed E-state index contributed by atoms with van der Waals surface area (Å²) < 4.78 is 15.4. The highest BCUT2D eigenvalue weighted by atomic mass is 16.6. The number of esters is 2. The molecule has 0 aromatic heterocycles. The number of aliphatic hydroxyl groups excluding tert-OH is 1. The van der Waals surface area contributed by atoms with Gasteiger partial charge in [-0.2, -0.15) is 0 Å². The zero-order valence-corrected chi connectivity index (χ0v) is 23.4. The maximum Gasteiger partial charge on any atom is 0.306 e. The molecule has 216 valence electrons. The van der Waals surface area contributed by atoms with Crippen molar-refractivity contribution in [3.05, 3.63) is 23.8 Å². The lowest BCUT2D eigenvalue weighted by Crippen LogP contribution is -2.56. The average Bonchev–Trinajstić information content (AvgIpc) is 3.15. The van der Waals surface area contributed by atoms with Gasteiger partial charge >= 0.3 is 11.9 Å². The number of hydrogen-bond acceptors (Lipinski definition) is 9. The van der Waals surface area contributed by atoms with Gasteiger partial charge in [-0.3, -0.25) is 19.2 Å². The van der Waals surface area contributed by atoms with E-state index in [2.05, 4.69) is 20.8 Å². The minimum atomic E-state index is -0.617. The van der Waals surface area contributed by atoms with Crippen molar-refractivity contribution in [2.75, 3.05) is 33.0 Å². The second kappa shape index (κ2) is 12.0. The summed E-state index contributed by atoms with van der Waals surface area (Å²) >= 11 is 0. The molecule has 3 fully saturated rings. The molecule has 0 aromatic rings. The molecule has 0 saturated heterocycles. The molecule has 9 heteroatoms. The summed E-state index contributed by atoms with van der Waals surface area (Å²) in [5, 5.41) is 11.5. The molecule has 0 aromatic carbocycles. The Balaban J connectivity index is 1.33. The Kier molecular flexibility index (Phi) is 9.13. The second-order valence-electron chi connectivity index (χ2n) is 12.2. The van der Waals surface area contributed by atoms with Gasteiger partial charge in [0.05, 0.1) is 32.2 Å². The van der Waals surface area contributed by atoms with E-state index >= 15 is 0 Å². The molecular weight excluding hydrogens is 502 g/mol. The molecule has 4 aliphatic carbocycles. The van der Waals surface area contributed by atoms with Gasteiger partial charge in [0.2, 0.25) is 0 Å². The van der Waals surface area contributed by atoms with Crippen molar-refractivity contribution in [1.82, 2.24) is 0 Å². The van der Waals surface area contributed by atoms with E-state index in [1.807, 2.05) is 6.08 Å². The van der Waals surface area contributed by atoms with Crippen molar-refractivity contribution in [3.8, 4) is 0 Å². The topological polar surface area (TPSA) is 142 Å². The van der Waals surface area contributed by atoms with Gasteiger partial charge in [-0.05, 0) is 61.0 Å². The highest BCUT2D eigenvalue weighted by Crippen LogP contribution is 2.67. The van der Waals surface area contributed by atoms with Crippen LogP contribution in [0.1, 0.15) is 59.3 Å². The molecule has 0 spiro atoms. The van der Waals surface area contributed by atoms with Crippen LogP contribution in [-0.2, 0) is 33.4 Å². The van der Waals surface area contributed by atoms with Crippen molar-refractivity contribution in [2.24, 2.45) is 46.2 Å². The smallest absolute Gasteiger partial charge is 0.306 e. The van der Waals surface area contributed by atoms with Gasteiger partial charge in [0.25, 0.3) is 0 Å². The highest BCUT2D eigenvalue weighted by molar-refractivity contribution is 6.01. The van der Waals surface area contributed by atoms with Crippen molar-refractivity contribution in [3.63, 3.8) is 0 Å². The first-order valence-corrected chi connectivity index (χ1v) is 14.3. The van der Waals surface area contributed by atoms with Gasteiger partial charge < -0.3 is 25.1 Å². The normalized spacial score (nSPS) is 36.8. The van der Waals surface area contributed by atoms with E-state index in [-0.39, 0.29) is 79.2 Å². The van der Waals surface area contributed by atoms with Gasteiger partial charge in [-0.25, -0.2) is 0 Å². The van der Waals surface area contributed by atoms with E-state index in [4.69, 9.17) is 19.9 Å². The predicted octanol–water partition coefficient (Wildman–Crippen LogP) is 2.54. The number of carbonyl (C=O) groups excluding carboxylic acids is 4. The van der Waals surface area contributed by atoms with Crippen molar-refractivity contribution >= 4 is 23.5 Å². The van der Waals surface area contributed by atoms with Crippen LogP contribution >= 0.6 is 0 Å². The van der Waals surface area contributed by atoms with Gasteiger partial charge in [0.15, 0.2) is 11.6 Å². The van der Waals surface area contributed by atoms with Crippen LogP contribution in [-0.4, -0.2) is 67.7 Å². The zero-order valence-electron chi connectivity index (χ0n) is 23.4. The van der Waals surface area contributed by atoms with Crippen LogP contribution < -0.4 is 5.73 Å². The molecule has 4 aliphatic rings. The molecule has 0 amide bonds. The van der Waals surface area contributed by atoms with E-state index in [1.54, 1.807) is 12.2 Å². The Bertz CT molecular complexity index is 1040. The number of ether oxygens (including phenoxy) is 3. The molecule has 0 radical (unpaired) electrons. The Morgan fingerprint density at radius 3 is 2.54 bits per heavy atom. The number of hydrogen-bond donors (Lipinski definition) is 2. The summed E-state index contributed by atoms with van der Waals surface area (Å²) in [6.07, 6.45) is 7.55. The highest BCUT2D eigenvalue weighted by Gasteiger charge is 2.64. The average molecular weight is 546 g/mol. The number of allylic oxidation sites excluding steroid dienone is 4. The van der Waals surface area contributed by atoms with Crippen LogP contribution in [0.2, 0.25) is 0 Å². The summed E-state index contributed by atoms with van der Waals surface area (Å²) in [4.78, 5) is 49.6. The Morgan fingerprint density at radius 2 is 1.82 bits per heavy atom. The number of nitrogens with two attached hydrogens (primary N) is 1. The maximum atomic E-state index is 13.4. The fourth-order valence-corrected chi connectivity index (χ4v) is 8.37. The summed E-state index contributed by atoms with van der Waals surface area (Å²) in [5.41, 5.74) is 5.67. The van der Waals surface area contributed by atoms with Gasteiger partial charge in [-0.15, -0.1) is 0 Å². The van der Waals surface area contributed by atoms with Crippen LogP contribution in [0, 0.1) is 40.4 Å². The van der Waals surface area contributed by atoms with Crippen molar-refractivity contribution in [1.29, 1.82) is 0 Å². The third-order valence-corrected chi connectivity index (χ3v) is 9.84. The van der Waals surface area contributed by atoms with Crippen LogP contribution in [0.3, 0.4) is 0 Å². The number of fused-ring (bicyclic) bond motifs is 5. The summed E-state index contributed by atoms with van der Waals surface area (Å²) in [6.45, 7) is 7.10. The lowest BCUT2D eigenvalue weighted by molar-refractivity contribution is -0.156. The number of carbonyl (C=O) groups is 4. The molecule has 8 atom stereocenters. The molecule has 3 N–H and O–H groups in total. The molecule has 4 rings (SSSR count). The third kappa shape index (κ3) is 5.91. The van der Waals surface area contributed by atoms with E-state index < -0.39 is 23.5 Å². The van der Waals surface area contributed by atoms with E-state index in [1.165, 1.54) is 0 Å². The number of aliphatic hydroxyl groups is 1. The van der Waals surface area contributed by atoms with E-state index in [0.29, 0.717) is 19.6 Å². The molecule has 2 unspecified atom stereocenters. The van der Waals surface area contributed by atoms with E-state index in [9.17, 15) is 24.3 Å². The molecule has 0 aliphatic heterocycles. The molecule has 0 heterocycles. The fraction of sp³-hybridized carbons (Fsp3) is 0.733. The quantitative estimate of drug-likeness (QED) is 0.296. The largest absolute Gasteiger partial charge is 0.463 e. The van der Waals surface area contributed by atoms with Crippen LogP contribution in [0.5, 0.6) is 0 Å². The van der Waals surface area contributed by atoms with Gasteiger partial charge in [0.1, 0.15) is 13.2 Å². The Hall–Kier alpha value is -2.36. The molecule has 39 heavy (non-hydrogen) atoms. The Labute approximate surface area is 230 Å². The number of rotatable bonds is 11. The van der Waals surface area contributed by atoms with Crippen LogP contribution in [0.15, 0.2) is 23.8 Å². The van der Waals surface area contributed by atoms with Gasteiger partial charge in [0, 0.05) is 23.8 Å². The Morgan fingerprint density at radius 1 is 1.10 bits per heavy atom. The maximum absolute atomic E-state index is 13.4. The van der Waals surface area contributed by atoms with Crippen molar-refractivity contribution < 1.29 is 38.5 Å². The van der Waals surface area contributed by atoms with Crippen LogP contribution in [0.25, 0.3) is 0 Å². The lowest BCUT2D eigenvalue weighted by atomic mass is 9.46. The predicted molar refractivity (Wildman–Crippen MR) is 142 cm³/mol. The summed E-state index contributed by atoms with van der Waals surface area (Å²) in [6, 6.07) is 0. The summed E-state index contributed by atoms with van der Waals surface area (Å²) in [5.74, 6) is -0.977. The van der Waals surface area contributed by atoms with Crippen molar-refractivity contribution in [2.45, 2.75) is 65.4 Å². The minimum Gasteiger partial charge on any atom is -0.463 e.